The van der Waals surface area contributed by atoms with E-state index in [4.69, 9.17) is 26.3 Å². The highest BCUT2D eigenvalue weighted by Crippen LogP contribution is 2.48. The van der Waals surface area contributed by atoms with Crippen molar-refractivity contribution in [3.8, 4) is 109 Å². The number of phenols is 6. The van der Waals surface area contributed by atoms with E-state index in [0.717, 1.165) is 184 Å². The molecule has 0 amide bonds. The van der Waals surface area contributed by atoms with Crippen LogP contribution in [0.1, 0.15) is 324 Å². The van der Waals surface area contributed by atoms with Crippen molar-refractivity contribution >= 4 is 0 Å². The number of halogens is 8. The Bertz CT molecular complexity index is 5790. The van der Waals surface area contributed by atoms with Gasteiger partial charge in [0, 0.05) is 11.1 Å². The summed E-state index contributed by atoms with van der Waals surface area (Å²) in [4.78, 5) is 0. The van der Waals surface area contributed by atoms with Crippen LogP contribution in [-0.2, 0) is 0 Å². The fourth-order valence-corrected chi connectivity index (χ4v) is 20.9. The highest BCUT2D eigenvalue weighted by atomic mass is 19.2. The molecule has 7 aliphatic rings. The minimum absolute atomic E-state index is 0.0478. The van der Waals surface area contributed by atoms with Crippen molar-refractivity contribution in [2.45, 2.75) is 264 Å². The van der Waals surface area contributed by atoms with Crippen LogP contribution in [0.3, 0.4) is 0 Å². The van der Waals surface area contributed by atoms with E-state index in [2.05, 4.69) is 53.7 Å². The molecule has 0 saturated heterocycles. The molecule has 17 rings (SSSR count). The molecule has 19 heteroatoms. The molecule has 7 aliphatic carbocycles. The molecule has 0 aromatic heterocycles. The Balaban J connectivity index is 0.000000144. The zero-order valence-electron chi connectivity index (χ0n) is 77.3. The highest BCUT2D eigenvalue weighted by molar-refractivity contribution is 5.72. The summed E-state index contributed by atoms with van der Waals surface area (Å²) in [6.45, 7) is 15.4. The smallest absolute Gasteiger partial charge is 0.145 e. The average molecular weight is 1810 g/mol. The Morgan fingerprint density at radius 2 is 0.496 bits per heavy atom. The molecule has 7 saturated carbocycles. The molecule has 10 aromatic rings. The monoisotopic (exact) mass is 1810 g/mol. The van der Waals surface area contributed by atoms with Crippen LogP contribution in [0.25, 0.3) is 44.5 Å². The SMILES string of the molecule is CC1CCC(C2CCC(c3cc(O)c(C#N)c(F)c3)CC2)CC1.CC1CCC(c2cc(O)c(C#N)c(F)c2)CC1.CC1CCC(c2ccc(-c3cc(O)c(C#N)c(F)c3)c(F)c2)CC1.CC1CCC(c2ccc(-c3cc(O)c(C#N)c(F)c3)cc2)CC1.CC1CCC(c2ccc(-c3ccc(C#N)c(O)c3)c(F)c2)CC1.Cc1ccc(-c2c(F)cc(C3CCC(C)CC3)cc2F)cc1O. The zero-order valence-corrected chi connectivity index (χ0v) is 77.3. The van der Waals surface area contributed by atoms with E-state index in [1.807, 2.05) is 30.3 Å². The van der Waals surface area contributed by atoms with Gasteiger partial charge in [0.2, 0.25) is 0 Å². The van der Waals surface area contributed by atoms with Crippen LogP contribution in [0.15, 0.2) is 158 Å². The summed E-state index contributed by atoms with van der Waals surface area (Å²) in [5.41, 5.74) is 8.70. The van der Waals surface area contributed by atoms with Gasteiger partial charge in [0.1, 0.15) is 134 Å². The minimum atomic E-state index is -0.850. The maximum absolute atomic E-state index is 14.5. The second-order valence-electron chi connectivity index (χ2n) is 39.2. The molecule has 0 heterocycles. The van der Waals surface area contributed by atoms with Gasteiger partial charge in [-0.25, -0.2) is 35.1 Å². The van der Waals surface area contributed by atoms with Crippen molar-refractivity contribution in [2.24, 2.45) is 47.3 Å². The summed E-state index contributed by atoms with van der Waals surface area (Å²) in [6.07, 6.45) is 32.7. The van der Waals surface area contributed by atoms with Gasteiger partial charge in [-0.1, -0.05) is 185 Å². The molecular formula is C114H123F8N5O6. The van der Waals surface area contributed by atoms with Gasteiger partial charge in [-0.15, -0.1) is 0 Å². The first-order chi connectivity index (χ1) is 63.8. The summed E-state index contributed by atoms with van der Waals surface area (Å²) < 4.78 is 113. The number of hydrogen-bond acceptors (Lipinski definition) is 11. The lowest BCUT2D eigenvalue weighted by Crippen LogP contribution is -2.24. The Hall–Kier alpha value is -12.1. The molecular weight excluding hydrogens is 1690 g/mol. The van der Waals surface area contributed by atoms with Crippen LogP contribution < -0.4 is 0 Å². The van der Waals surface area contributed by atoms with Gasteiger partial charge in [-0.05, 0) is 350 Å². The van der Waals surface area contributed by atoms with Gasteiger partial charge in [-0.2, -0.15) is 26.3 Å². The molecule has 0 aliphatic heterocycles. The average Bonchev–Trinajstić information content (AvgIpc) is 0.791. The summed E-state index contributed by atoms with van der Waals surface area (Å²) in [6, 6.07) is 50.4. The fourth-order valence-electron chi connectivity index (χ4n) is 20.9. The summed E-state index contributed by atoms with van der Waals surface area (Å²) >= 11 is 0. The molecule has 11 nitrogen and oxygen atoms in total. The van der Waals surface area contributed by atoms with Crippen molar-refractivity contribution in [1.82, 2.24) is 0 Å². The molecule has 0 unspecified atom stereocenters. The Morgan fingerprint density at radius 3 is 0.850 bits per heavy atom. The minimum Gasteiger partial charge on any atom is -0.508 e. The van der Waals surface area contributed by atoms with Gasteiger partial charge in [-0.3, -0.25) is 0 Å². The van der Waals surface area contributed by atoms with Crippen LogP contribution in [0.5, 0.6) is 34.5 Å². The van der Waals surface area contributed by atoms with E-state index >= 15 is 0 Å². The van der Waals surface area contributed by atoms with E-state index in [9.17, 15) is 65.8 Å². The molecule has 7 fully saturated rings. The second kappa shape index (κ2) is 46.5. The number of benzene rings is 10. The lowest BCUT2D eigenvalue weighted by Gasteiger charge is -2.37. The summed E-state index contributed by atoms with van der Waals surface area (Å²) in [7, 11) is 0. The number of nitrogens with zero attached hydrogens (tertiary/aromatic N) is 5. The number of nitriles is 5. The standard InChI is InChI=1S/C20H19F2NO.C20H22F2O.C20H26FNO.2C20H20FNO.C14H16FNO/c1-12-2-4-13(5-3-12)14-6-7-16(18(21)8-14)15-9-19(22)17(11-23)20(24)10-15;1-12-3-6-14(7-4-12)16-9-17(21)20(18(22)10-16)15-8-5-13(2)19(23)11-15;2*1-13-2-4-14(5-3-13)15-6-8-16(9-7-15)17-10-19(21)18(12-22)20(23)11-17;1-13-2-4-14(5-3-13)15-8-9-18(19(21)10-15)16-6-7-17(12-22)20(23)11-16;1-9-2-4-10(5-3-9)11-6-13(15)12(8-16)14(17)7-11/h6-10,12-13,24H,2-5H2,1H3;5,8-12,14,23H,3-4,6-7H2,1-2H3;10-11,13-16,23H,2-9H2,1H3;2*6-11,13-14,23H,2-5H2,1H3;6-7,9-10,17H,2-5H2,1H3. The van der Waals surface area contributed by atoms with Gasteiger partial charge in [0.15, 0.2) is 0 Å². The van der Waals surface area contributed by atoms with Crippen molar-refractivity contribution in [2.75, 3.05) is 0 Å². The van der Waals surface area contributed by atoms with E-state index in [1.165, 1.54) is 149 Å². The highest BCUT2D eigenvalue weighted by Gasteiger charge is 2.33. The van der Waals surface area contributed by atoms with Crippen LogP contribution in [0.4, 0.5) is 35.1 Å². The first kappa shape index (κ1) is 99.9. The summed E-state index contributed by atoms with van der Waals surface area (Å²) in [5, 5.41) is 102. The summed E-state index contributed by atoms with van der Waals surface area (Å²) in [5.74, 6) is 2.85. The number of phenolic OH excluding ortho intramolecular Hbond substituents is 6. The van der Waals surface area contributed by atoms with E-state index in [0.29, 0.717) is 63.3 Å². The quantitative estimate of drug-likeness (QED) is 0.0666. The first-order valence-corrected chi connectivity index (χ1v) is 47.7. The largest absolute Gasteiger partial charge is 0.508 e. The van der Waals surface area contributed by atoms with E-state index in [1.54, 1.807) is 79.7 Å². The third-order valence-electron chi connectivity index (χ3n) is 29.7. The lowest BCUT2D eigenvalue weighted by atomic mass is 9.68. The number of rotatable bonds is 11. The predicted molar refractivity (Wildman–Crippen MR) is 506 cm³/mol. The molecule has 10 aromatic carbocycles. The number of hydrogen-bond donors (Lipinski definition) is 6. The van der Waals surface area contributed by atoms with E-state index < -0.39 is 52.0 Å². The van der Waals surface area contributed by atoms with Crippen molar-refractivity contribution < 1.29 is 65.8 Å². The molecule has 0 spiro atoms. The molecule has 0 atom stereocenters. The second-order valence-corrected chi connectivity index (χ2v) is 39.2. The molecule has 133 heavy (non-hydrogen) atoms. The zero-order chi connectivity index (χ0) is 95.4. The predicted octanol–water partition coefficient (Wildman–Crippen LogP) is 31.4. The fraction of sp³-hybridized carbons (Fsp3) is 0.430. The van der Waals surface area contributed by atoms with Crippen LogP contribution in [0.2, 0.25) is 0 Å². The molecule has 0 bridgehead atoms. The van der Waals surface area contributed by atoms with Gasteiger partial charge < -0.3 is 30.6 Å². The normalized spacial score (nSPS) is 23.2. The third kappa shape index (κ3) is 25.8. The Morgan fingerprint density at radius 1 is 0.226 bits per heavy atom. The lowest BCUT2D eigenvalue weighted by molar-refractivity contribution is 0.165. The van der Waals surface area contributed by atoms with Gasteiger partial charge in [0.25, 0.3) is 0 Å². The van der Waals surface area contributed by atoms with Crippen molar-refractivity contribution in [3.63, 3.8) is 0 Å². The van der Waals surface area contributed by atoms with E-state index in [-0.39, 0.29) is 79.4 Å². The topological polar surface area (TPSA) is 240 Å². The van der Waals surface area contributed by atoms with Crippen LogP contribution in [0, 0.1) is 157 Å². The maximum Gasteiger partial charge on any atom is 0.145 e. The Kier molecular flexibility index (Phi) is 34.9. The molecule has 696 valence electrons. The van der Waals surface area contributed by atoms with Crippen molar-refractivity contribution in [1.29, 1.82) is 26.3 Å². The molecule has 6 N–H and O–H groups in total. The maximum atomic E-state index is 14.5. The third-order valence-corrected chi connectivity index (χ3v) is 29.7. The number of aryl methyl sites for hydroxylation is 1. The van der Waals surface area contributed by atoms with Crippen LogP contribution in [-0.4, -0.2) is 30.6 Å². The molecule has 0 radical (unpaired) electrons. The van der Waals surface area contributed by atoms with Crippen LogP contribution >= 0.6 is 0 Å². The first-order valence-electron chi connectivity index (χ1n) is 47.7. The number of aromatic hydroxyl groups is 6. The van der Waals surface area contributed by atoms with Crippen molar-refractivity contribution in [3.05, 3.63) is 271 Å². The van der Waals surface area contributed by atoms with Gasteiger partial charge in [0.05, 0.1) is 11.1 Å². The van der Waals surface area contributed by atoms with Gasteiger partial charge >= 0.3 is 0 Å². The Labute approximate surface area is 779 Å².